The predicted octanol–water partition coefficient (Wildman–Crippen LogP) is 2.16. The van der Waals surface area contributed by atoms with Gasteiger partial charge in [0.05, 0.1) is 6.10 Å². The molecule has 1 unspecified atom stereocenters. The van der Waals surface area contributed by atoms with Crippen LogP contribution in [0.1, 0.15) is 18.9 Å². The van der Waals surface area contributed by atoms with Crippen LogP contribution in [0.25, 0.3) is 0 Å². The molecule has 1 N–H and O–H groups in total. The molecule has 0 aliphatic carbocycles. The molecule has 1 heterocycles. The minimum atomic E-state index is -0.228. The zero-order valence-electron chi connectivity index (χ0n) is 7.00. The van der Waals surface area contributed by atoms with Crippen LogP contribution < -0.4 is 0 Å². The molecule has 0 aromatic carbocycles. The maximum absolute atomic E-state index is 9.04. The van der Waals surface area contributed by atoms with Crippen LogP contribution in [0.4, 0.5) is 0 Å². The summed E-state index contributed by atoms with van der Waals surface area (Å²) in [5, 5.41) is 9.04. The van der Waals surface area contributed by atoms with Crippen LogP contribution in [-0.4, -0.2) is 16.2 Å². The molecule has 0 radical (unpaired) electrons. The van der Waals surface area contributed by atoms with E-state index in [4.69, 9.17) is 5.11 Å². The Morgan fingerprint density at radius 3 is 2.83 bits per heavy atom. The van der Waals surface area contributed by atoms with E-state index in [9.17, 15) is 0 Å². The maximum Gasteiger partial charge on any atom is 0.106 e. The van der Waals surface area contributed by atoms with Crippen LogP contribution in [0.3, 0.4) is 0 Å². The Bertz CT molecular complexity index is 233. The molecule has 0 fully saturated rings. The van der Waals surface area contributed by atoms with Crippen molar-refractivity contribution >= 4 is 15.9 Å². The lowest BCUT2D eigenvalue weighted by atomic mass is 10.1. The van der Waals surface area contributed by atoms with Gasteiger partial charge in [-0.1, -0.05) is 6.07 Å². The molecule has 0 saturated heterocycles. The highest BCUT2D eigenvalue weighted by atomic mass is 79.9. The van der Waals surface area contributed by atoms with E-state index in [2.05, 4.69) is 20.9 Å². The number of aliphatic hydroxyl groups is 1. The molecule has 2 nitrogen and oxygen atoms in total. The van der Waals surface area contributed by atoms with Gasteiger partial charge in [0, 0.05) is 6.20 Å². The summed E-state index contributed by atoms with van der Waals surface area (Å²) in [6, 6.07) is 3.93. The van der Waals surface area contributed by atoms with E-state index in [1.165, 1.54) is 5.56 Å². The van der Waals surface area contributed by atoms with E-state index in [-0.39, 0.29) is 6.10 Å². The summed E-state index contributed by atoms with van der Waals surface area (Å²) in [5.74, 6) is 0. The number of hydrogen-bond donors (Lipinski definition) is 1. The molecule has 1 rings (SSSR count). The van der Waals surface area contributed by atoms with Crippen molar-refractivity contribution < 1.29 is 5.11 Å². The molecule has 12 heavy (non-hydrogen) atoms. The van der Waals surface area contributed by atoms with E-state index in [1.807, 2.05) is 18.3 Å². The zero-order valence-corrected chi connectivity index (χ0v) is 8.58. The number of hydrogen-bond acceptors (Lipinski definition) is 2. The topological polar surface area (TPSA) is 33.1 Å². The van der Waals surface area contributed by atoms with Crippen molar-refractivity contribution in [1.82, 2.24) is 4.98 Å². The third-order valence-corrected chi connectivity index (χ3v) is 2.11. The van der Waals surface area contributed by atoms with Crippen LogP contribution in [0.2, 0.25) is 0 Å². The van der Waals surface area contributed by atoms with Crippen molar-refractivity contribution in [3.05, 3.63) is 28.5 Å². The van der Waals surface area contributed by atoms with E-state index >= 15 is 0 Å². The molecule has 0 bridgehead atoms. The fraction of sp³-hybridized carbons (Fsp3) is 0.444. The van der Waals surface area contributed by atoms with Gasteiger partial charge in [-0.2, -0.15) is 0 Å². The maximum atomic E-state index is 9.04. The molecular weight excluding hydrogens is 218 g/mol. The van der Waals surface area contributed by atoms with Gasteiger partial charge in [0.15, 0.2) is 0 Å². The lowest BCUT2D eigenvalue weighted by Gasteiger charge is -2.03. The first-order valence-electron chi connectivity index (χ1n) is 3.97. The highest BCUT2D eigenvalue weighted by Gasteiger charge is 1.97. The number of nitrogens with zero attached hydrogens (tertiary/aromatic N) is 1. The van der Waals surface area contributed by atoms with E-state index in [0.29, 0.717) is 0 Å². The normalized spacial score (nSPS) is 12.9. The molecule has 0 aliphatic rings. The second-order valence-electron chi connectivity index (χ2n) is 2.88. The first-order chi connectivity index (χ1) is 5.68. The zero-order chi connectivity index (χ0) is 8.97. The van der Waals surface area contributed by atoms with Gasteiger partial charge < -0.3 is 5.11 Å². The second kappa shape index (κ2) is 4.58. The minimum Gasteiger partial charge on any atom is -0.393 e. The number of rotatable bonds is 3. The molecule has 66 valence electrons. The summed E-state index contributed by atoms with van der Waals surface area (Å²) in [4.78, 5) is 4.09. The Morgan fingerprint density at radius 1 is 1.58 bits per heavy atom. The van der Waals surface area contributed by atoms with Gasteiger partial charge in [-0.3, -0.25) is 0 Å². The largest absolute Gasteiger partial charge is 0.393 e. The number of pyridine rings is 1. The fourth-order valence-corrected chi connectivity index (χ4v) is 1.16. The number of aromatic nitrogens is 1. The molecule has 0 saturated carbocycles. The predicted molar refractivity (Wildman–Crippen MR) is 51.9 cm³/mol. The molecular formula is C9H12BrNO. The lowest BCUT2D eigenvalue weighted by Crippen LogP contribution is -2.01. The Labute approximate surface area is 80.8 Å². The Balaban J connectivity index is 2.48. The number of halogens is 1. The van der Waals surface area contributed by atoms with E-state index in [0.717, 1.165) is 17.4 Å². The molecule has 1 aromatic rings. The van der Waals surface area contributed by atoms with Gasteiger partial charge in [-0.15, -0.1) is 0 Å². The molecule has 3 heteroatoms. The second-order valence-corrected chi connectivity index (χ2v) is 3.69. The monoisotopic (exact) mass is 229 g/mol. The van der Waals surface area contributed by atoms with Gasteiger partial charge >= 0.3 is 0 Å². The number of aliphatic hydroxyl groups excluding tert-OH is 1. The van der Waals surface area contributed by atoms with Crippen molar-refractivity contribution in [3.63, 3.8) is 0 Å². The summed E-state index contributed by atoms with van der Waals surface area (Å²) >= 11 is 3.26. The van der Waals surface area contributed by atoms with Crippen molar-refractivity contribution in [2.24, 2.45) is 0 Å². The molecule has 0 amide bonds. The average molecular weight is 230 g/mol. The van der Waals surface area contributed by atoms with Gasteiger partial charge in [0.1, 0.15) is 4.60 Å². The summed E-state index contributed by atoms with van der Waals surface area (Å²) in [6.07, 6.45) is 3.28. The summed E-state index contributed by atoms with van der Waals surface area (Å²) in [5.41, 5.74) is 1.17. The van der Waals surface area contributed by atoms with Crippen LogP contribution in [0, 0.1) is 0 Å². The average Bonchev–Trinajstić information content (AvgIpc) is 2.03. The van der Waals surface area contributed by atoms with Crippen molar-refractivity contribution in [1.29, 1.82) is 0 Å². The van der Waals surface area contributed by atoms with Crippen LogP contribution >= 0.6 is 15.9 Å². The molecule has 0 aliphatic heterocycles. The van der Waals surface area contributed by atoms with Crippen LogP contribution in [0.15, 0.2) is 22.9 Å². The quantitative estimate of drug-likeness (QED) is 0.807. The van der Waals surface area contributed by atoms with Crippen molar-refractivity contribution in [2.75, 3.05) is 0 Å². The molecule has 1 atom stereocenters. The third kappa shape index (κ3) is 3.32. The highest BCUT2D eigenvalue weighted by Crippen LogP contribution is 2.08. The van der Waals surface area contributed by atoms with Crippen LogP contribution in [-0.2, 0) is 6.42 Å². The summed E-state index contributed by atoms with van der Waals surface area (Å²) in [6.45, 7) is 1.80. The van der Waals surface area contributed by atoms with Gasteiger partial charge in [0.2, 0.25) is 0 Å². The fourth-order valence-electron chi connectivity index (χ4n) is 0.930. The highest BCUT2D eigenvalue weighted by molar-refractivity contribution is 9.10. The SMILES string of the molecule is CC(O)CCc1ccc(Br)nc1. The van der Waals surface area contributed by atoms with Gasteiger partial charge in [-0.25, -0.2) is 4.98 Å². The first-order valence-corrected chi connectivity index (χ1v) is 4.76. The Kier molecular flexibility index (Phi) is 3.69. The van der Waals surface area contributed by atoms with Crippen molar-refractivity contribution in [2.45, 2.75) is 25.9 Å². The van der Waals surface area contributed by atoms with Crippen LogP contribution in [0.5, 0.6) is 0 Å². The minimum absolute atomic E-state index is 0.228. The summed E-state index contributed by atoms with van der Waals surface area (Å²) < 4.78 is 0.850. The smallest absolute Gasteiger partial charge is 0.106 e. The first kappa shape index (κ1) is 9.68. The lowest BCUT2D eigenvalue weighted by molar-refractivity contribution is 0.185. The molecule has 1 aromatic heterocycles. The summed E-state index contributed by atoms with van der Waals surface area (Å²) in [7, 11) is 0. The van der Waals surface area contributed by atoms with Gasteiger partial charge in [-0.05, 0) is 47.3 Å². The number of aryl methyl sites for hydroxylation is 1. The Morgan fingerprint density at radius 2 is 2.33 bits per heavy atom. The van der Waals surface area contributed by atoms with E-state index < -0.39 is 0 Å². The van der Waals surface area contributed by atoms with Gasteiger partial charge in [0.25, 0.3) is 0 Å². The standard InChI is InChI=1S/C9H12BrNO/c1-7(12)2-3-8-4-5-9(10)11-6-8/h4-7,12H,2-3H2,1H3. The molecule has 0 spiro atoms. The van der Waals surface area contributed by atoms with E-state index in [1.54, 1.807) is 6.92 Å². The van der Waals surface area contributed by atoms with Crippen molar-refractivity contribution in [3.8, 4) is 0 Å². The third-order valence-electron chi connectivity index (χ3n) is 1.64. The Hall–Kier alpha value is -0.410.